The highest BCUT2D eigenvalue weighted by Gasteiger charge is 1.94. The largest absolute Gasteiger partial charge is 0.228 e. The molecule has 0 amide bonds. The van der Waals surface area contributed by atoms with Gasteiger partial charge in [0, 0.05) is 0 Å². The van der Waals surface area contributed by atoms with E-state index in [1.54, 1.807) is 12.2 Å². The molecule has 0 unspecified atom stereocenters. The first-order valence-electron chi connectivity index (χ1n) is 2.71. The molecule has 0 spiro atoms. The van der Waals surface area contributed by atoms with Crippen LogP contribution in [0, 0.1) is 0 Å². The van der Waals surface area contributed by atoms with Gasteiger partial charge >= 0.3 is 0 Å². The molecule has 0 bridgehead atoms. The van der Waals surface area contributed by atoms with Gasteiger partial charge in [-0.15, -0.1) is 0 Å². The summed E-state index contributed by atoms with van der Waals surface area (Å²) in [7, 11) is -3.28. The second-order valence-corrected chi connectivity index (χ2v) is 3.37. The van der Waals surface area contributed by atoms with E-state index in [9.17, 15) is 8.42 Å². The molecular formula is C5H11NO2S. The predicted octanol–water partition coefficient (Wildman–Crippen LogP) is 0.241. The van der Waals surface area contributed by atoms with Gasteiger partial charge in [-0.3, -0.25) is 0 Å². The van der Waals surface area contributed by atoms with E-state index >= 15 is 0 Å². The summed E-state index contributed by atoms with van der Waals surface area (Å²) in [6, 6.07) is 0. The molecule has 0 rings (SSSR count). The number of allylic oxidation sites excluding steroid dienone is 1. The third kappa shape index (κ3) is 7.65. The minimum atomic E-state index is -3.28. The Hall–Kier alpha value is -0.350. The van der Waals surface area contributed by atoms with Gasteiger partial charge in [-0.25, -0.2) is 13.6 Å². The molecule has 0 saturated carbocycles. The van der Waals surface area contributed by atoms with Gasteiger partial charge in [-0.05, 0) is 6.42 Å². The zero-order valence-electron chi connectivity index (χ0n) is 5.37. The molecule has 3 nitrogen and oxygen atoms in total. The van der Waals surface area contributed by atoms with E-state index in [-0.39, 0.29) is 5.75 Å². The Morgan fingerprint density at radius 1 is 1.44 bits per heavy atom. The first kappa shape index (κ1) is 8.65. The van der Waals surface area contributed by atoms with Crippen molar-refractivity contribution in [1.29, 1.82) is 0 Å². The summed E-state index contributed by atoms with van der Waals surface area (Å²) >= 11 is 0. The van der Waals surface area contributed by atoms with Crippen LogP contribution in [0.1, 0.15) is 13.3 Å². The van der Waals surface area contributed by atoms with E-state index in [2.05, 4.69) is 0 Å². The van der Waals surface area contributed by atoms with E-state index in [0.717, 1.165) is 6.42 Å². The lowest BCUT2D eigenvalue weighted by Crippen LogP contribution is -2.14. The van der Waals surface area contributed by atoms with Gasteiger partial charge < -0.3 is 0 Å². The third-order valence-corrected chi connectivity index (χ3v) is 1.39. The lowest BCUT2D eigenvalue weighted by molar-refractivity contribution is 0.600. The van der Waals surface area contributed by atoms with Crippen LogP contribution in [-0.2, 0) is 10.0 Å². The Bertz CT molecular complexity index is 181. The fourth-order valence-electron chi connectivity index (χ4n) is 0.369. The first-order valence-corrected chi connectivity index (χ1v) is 4.43. The van der Waals surface area contributed by atoms with Crippen LogP contribution in [-0.4, -0.2) is 14.2 Å². The molecule has 0 aromatic heterocycles. The zero-order valence-corrected chi connectivity index (χ0v) is 6.19. The molecule has 0 aromatic carbocycles. The highest BCUT2D eigenvalue weighted by atomic mass is 32.2. The summed E-state index contributed by atoms with van der Waals surface area (Å²) in [5.74, 6) is -0.0547. The van der Waals surface area contributed by atoms with E-state index in [1.165, 1.54) is 0 Å². The minimum absolute atomic E-state index is 0.0547. The zero-order chi connectivity index (χ0) is 7.33. The van der Waals surface area contributed by atoms with Crippen LogP contribution < -0.4 is 5.14 Å². The van der Waals surface area contributed by atoms with Crippen molar-refractivity contribution in [2.45, 2.75) is 13.3 Å². The smallest absolute Gasteiger partial charge is 0.212 e. The van der Waals surface area contributed by atoms with Gasteiger partial charge in [0.1, 0.15) is 0 Å². The van der Waals surface area contributed by atoms with E-state index in [1.807, 2.05) is 6.92 Å². The third-order valence-electron chi connectivity index (χ3n) is 0.731. The summed E-state index contributed by atoms with van der Waals surface area (Å²) in [5.41, 5.74) is 0. The Balaban J connectivity index is 3.65. The van der Waals surface area contributed by atoms with Crippen molar-refractivity contribution < 1.29 is 8.42 Å². The van der Waals surface area contributed by atoms with Crippen LogP contribution in [0.25, 0.3) is 0 Å². The van der Waals surface area contributed by atoms with Gasteiger partial charge in [-0.1, -0.05) is 19.1 Å². The fraction of sp³-hybridized carbons (Fsp3) is 0.600. The van der Waals surface area contributed by atoms with E-state index in [0.29, 0.717) is 0 Å². The van der Waals surface area contributed by atoms with Crippen LogP contribution in [0.3, 0.4) is 0 Å². The molecule has 2 N–H and O–H groups in total. The van der Waals surface area contributed by atoms with Crippen molar-refractivity contribution in [1.82, 2.24) is 0 Å². The van der Waals surface area contributed by atoms with Gasteiger partial charge in [0.15, 0.2) is 0 Å². The Kier molecular flexibility index (Phi) is 3.49. The summed E-state index contributed by atoms with van der Waals surface area (Å²) in [5, 5.41) is 4.70. The van der Waals surface area contributed by atoms with Crippen LogP contribution >= 0.6 is 0 Å². The molecule has 0 radical (unpaired) electrons. The highest BCUT2D eigenvalue weighted by molar-refractivity contribution is 7.89. The average Bonchev–Trinajstić information content (AvgIpc) is 1.63. The Morgan fingerprint density at radius 2 is 2.00 bits per heavy atom. The summed E-state index contributed by atoms with van der Waals surface area (Å²) < 4.78 is 20.5. The molecule has 0 aromatic rings. The highest BCUT2D eigenvalue weighted by Crippen LogP contribution is 1.82. The molecule has 0 aliphatic rings. The number of rotatable bonds is 3. The number of hydrogen-bond donors (Lipinski definition) is 1. The van der Waals surface area contributed by atoms with Crippen molar-refractivity contribution >= 4 is 10.0 Å². The molecule has 0 aliphatic carbocycles. The first-order chi connectivity index (χ1) is 4.06. The van der Waals surface area contributed by atoms with Crippen molar-refractivity contribution in [3.63, 3.8) is 0 Å². The van der Waals surface area contributed by atoms with Gasteiger partial charge in [0.25, 0.3) is 0 Å². The number of hydrogen-bond acceptors (Lipinski definition) is 2. The maximum Gasteiger partial charge on any atom is 0.212 e. The normalized spacial score (nSPS) is 12.7. The van der Waals surface area contributed by atoms with Crippen molar-refractivity contribution in [3.05, 3.63) is 12.2 Å². The summed E-state index contributed by atoms with van der Waals surface area (Å²) in [6.45, 7) is 1.93. The Labute approximate surface area is 55.6 Å². The number of nitrogens with two attached hydrogens (primary N) is 1. The summed E-state index contributed by atoms with van der Waals surface area (Å²) in [4.78, 5) is 0. The monoisotopic (exact) mass is 149 g/mol. The number of primary sulfonamides is 1. The van der Waals surface area contributed by atoms with Gasteiger partial charge in [-0.2, -0.15) is 0 Å². The fourth-order valence-corrected chi connectivity index (χ4v) is 0.773. The average molecular weight is 149 g/mol. The molecule has 0 heterocycles. The van der Waals surface area contributed by atoms with Crippen LogP contribution in [0.15, 0.2) is 12.2 Å². The topological polar surface area (TPSA) is 60.2 Å². The molecule has 0 saturated heterocycles. The van der Waals surface area contributed by atoms with Crippen molar-refractivity contribution in [2.75, 3.05) is 5.75 Å². The SMILES string of the molecule is CCC=CCS(N)(=O)=O. The molecule has 4 heteroatoms. The number of sulfonamides is 1. The van der Waals surface area contributed by atoms with E-state index in [4.69, 9.17) is 5.14 Å². The molecule has 9 heavy (non-hydrogen) atoms. The quantitative estimate of drug-likeness (QED) is 0.584. The summed E-state index contributed by atoms with van der Waals surface area (Å²) in [6.07, 6.45) is 4.16. The van der Waals surface area contributed by atoms with Crippen LogP contribution in [0.2, 0.25) is 0 Å². The predicted molar refractivity (Wildman–Crippen MR) is 37.4 cm³/mol. The maximum atomic E-state index is 10.2. The van der Waals surface area contributed by atoms with Crippen LogP contribution in [0.4, 0.5) is 0 Å². The second kappa shape index (κ2) is 3.63. The Morgan fingerprint density at radius 3 is 2.33 bits per heavy atom. The van der Waals surface area contributed by atoms with E-state index < -0.39 is 10.0 Å². The lowest BCUT2D eigenvalue weighted by atomic mass is 10.4. The molecular weight excluding hydrogens is 138 g/mol. The molecule has 0 aliphatic heterocycles. The molecule has 54 valence electrons. The van der Waals surface area contributed by atoms with Crippen LogP contribution in [0.5, 0.6) is 0 Å². The van der Waals surface area contributed by atoms with Gasteiger partial charge in [0.05, 0.1) is 5.75 Å². The minimum Gasteiger partial charge on any atom is -0.228 e. The standard InChI is InChI=1S/C5H11NO2S/c1-2-3-4-5-9(6,7)8/h3-4H,2,5H2,1H3,(H2,6,7,8). The lowest BCUT2D eigenvalue weighted by Gasteiger charge is -1.86. The second-order valence-electron chi connectivity index (χ2n) is 1.71. The van der Waals surface area contributed by atoms with Gasteiger partial charge in [0.2, 0.25) is 10.0 Å². The molecule has 0 atom stereocenters. The van der Waals surface area contributed by atoms with Crippen molar-refractivity contribution in [2.24, 2.45) is 5.14 Å². The van der Waals surface area contributed by atoms with Crippen molar-refractivity contribution in [3.8, 4) is 0 Å². The molecule has 0 fully saturated rings. The maximum absolute atomic E-state index is 10.2.